The van der Waals surface area contributed by atoms with E-state index in [0.717, 1.165) is 23.4 Å². The van der Waals surface area contributed by atoms with Crippen LogP contribution in [0.4, 0.5) is 0 Å². The van der Waals surface area contributed by atoms with Gasteiger partial charge in [-0.2, -0.15) is 0 Å². The number of hydrogen-bond donors (Lipinski definition) is 0. The summed E-state index contributed by atoms with van der Waals surface area (Å²) < 4.78 is 7.60. The maximum absolute atomic E-state index is 12.6. The second-order valence-electron chi connectivity index (χ2n) is 7.05. The van der Waals surface area contributed by atoms with Gasteiger partial charge in [0.05, 0.1) is 0 Å². The molecule has 2 aromatic rings. The summed E-state index contributed by atoms with van der Waals surface area (Å²) in [4.78, 5) is 26.6. The first-order valence-corrected chi connectivity index (χ1v) is 8.78. The Morgan fingerprint density at radius 3 is 2.80 bits per heavy atom. The number of para-hydroxylation sites is 1. The monoisotopic (exact) mass is 338 g/mol. The van der Waals surface area contributed by atoms with Gasteiger partial charge in [-0.3, -0.25) is 9.59 Å². The number of hydrogen-bond acceptors (Lipinski definition) is 3. The molecule has 1 saturated heterocycles. The normalized spacial score (nSPS) is 21.6. The molecule has 130 valence electrons. The number of ether oxygens (including phenoxy) is 1. The lowest BCUT2D eigenvalue weighted by Gasteiger charge is -2.42. The molecule has 1 amide bonds. The number of carbonyl (C=O) groups is 1. The Labute approximate surface area is 146 Å². The summed E-state index contributed by atoms with van der Waals surface area (Å²) in [6.45, 7) is 4.10. The fraction of sp³-hybridized carbons (Fsp3) is 0.400. The van der Waals surface area contributed by atoms with E-state index in [-0.39, 0.29) is 24.0 Å². The standard InChI is InChI=1S/C20H22N2O3/c1-14-5-2-3-7-18(14)25-13-20(24)21-10-15-9-16(12-21)17-6-4-8-19(23)22(17)11-15/h2-8,15-16H,9-13H2,1H3. The van der Waals surface area contributed by atoms with Gasteiger partial charge in [-0.25, -0.2) is 0 Å². The molecular weight excluding hydrogens is 316 g/mol. The van der Waals surface area contributed by atoms with Gasteiger partial charge in [0, 0.05) is 37.3 Å². The lowest BCUT2D eigenvalue weighted by Crippen LogP contribution is -2.50. The molecule has 0 saturated carbocycles. The highest BCUT2D eigenvalue weighted by molar-refractivity contribution is 5.78. The Morgan fingerprint density at radius 1 is 1.12 bits per heavy atom. The van der Waals surface area contributed by atoms with Crippen LogP contribution in [0.1, 0.15) is 23.6 Å². The van der Waals surface area contributed by atoms with Gasteiger partial charge in [-0.15, -0.1) is 0 Å². The number of piperidine rings is 1. The maximum Gasteiger partial charge on any atom is 0.260 e. The van der Waals surface area contributed by atoms with Crippen molar-refractivity contribution in [1.82, 2.24) is 9.47 Å². The minimum Gasteiger partial charge on any atom is -0.484 e. The largest absolute Gasteiger partial charge is 0.484 e. The zero-order valence-electron chi connectivity index (χ0n) is 14.4. The average molecular weight is 338 g/mol. The van der Waals surface area contributed by atoms with Gasteiger partial charge in [-0.05, 0) is 37.0 Å². The van der Waals surface area contributed by atoms with E-state index < -0.39 is 0 Å². The summed E-state index contributed by atoms with van der Waals surface area (Å²) in [6, 6.07) is 13.2. The maximum atomic E-state index is 12.6. The summed E-state index contributed by atoms with van der Waals surface area (Å²) in [5.41, 5.74) is 2.15. The Balaban J connectivity index is 1.46. The molecule has 5 nitrogen and oxygen atoms in total. The molecule has 2 aliphatic rings. The smallest absolute Gasteiger partial charge is 0.260 e. The van der Waals surface area contributed by atoms with Crippen LogP contribution in [0.3, 0.4) is 0 Å². The van der Waals surface area contributed by atoms with E-state index in [1.165, 1.54) is 0 Å². The fourth-order valence-electron chi connectivity index (χ4n) is 4.05. The van der Waals surface area contributed by atoms with E-state index in [2.05, 4.69) is 0 Å². The van der Waals surface area contributed by atoms with Crippen LogP contribution < -0.4 is 10.3 Å². The first-order chi connectivity index (χ1) is 12.1. The third kappa shape index (κ3) is 3.06. The third-order valence-corrected chi connectivity index (χ3v) is 5.28. The van der Waals surface area contributed by atoms with Gasteiger partial charge in [0.2, 0.25) is 0 Å². The lowest BCUT2D eigenvalue weighted by molar-refractivity contribution is -0.136. The van der Waals surface area contributed by atoms with Crippen molar-refractivity contribution in [1.29, 1.82) is 0 Å². The minimum atomic E-state index is 0.0182. The minimum absolute atomic E-state index is 0.0182. The molecule has 5 heteroatoms. The molecular formula is C20H22N2O3. The van der Waals surface area contributed by atoms with E-state index in [1.54, 1.807) is 6.07 Å². The van der Waals surface area contributed by atoms with Crippen molar-refractivity contribution in [3.63, 3.8) is 0 Å². The topological polar surface area (TPSA) is 51.5 Å². The number of aromatic nitrogens is 1. The molecule has 1 aromatic heterocycles. The number of carbonyl (C=O) groups excluding carboxylic acids is 1. The van der Waals surface area contributed by atoms with E-state index in [0.29, 0.717) is 25.6 Å². The van der Waals surface area contributed by atoms with E-state index in [9.17, 15) is 9.59 Å². The van der Waals surface area contributed by atoms with Gasteiger partial charge < -0.3 is 14.2 Å². The number of likely N-dealkylation sites (tertiary alicyclic amines) is 1. The highest BCUT2D eigenvalue weighted by Gasteiger charge is 2.36. The second-order valence-corrected chi connectivity index (χ2v) is 7.05. The quantitative estimate of drug-likeness (QED) is 0.862. The van der Waals surface area contributed by atoms with Crippen LogP contribution >= 0.6 is 0 Å². The van der Waals surface area contributed by atoms with Crippen molar-refractivity contribution < 1.29 is 9.53 Å². The molecule has 0 radical (unpaired) electrons. The SMILES string of the molecule is Cc1ccccc1OCC(=O)N1CC2CC(C1)c1cccc(=O)n1C2. The second kappa shape index (κ2) is 6.39. The molecule has 3 heterocycles. The fourth-order valence-corrected chi connectivity index (χ4v) is 4.05. The number of rotatable bonds is 3. The van der Waals surface area contributed by atoms with E-state index >= 15 is 0 Å². The van der Waals surface area contributed by atoms with Gasteiger partial charge in [0.1, 0.15) is 5.75 Å². The summed E-state index contributed by atoms with van der Waals surface area (Å²) in [5.74, 6) is 1.35. The van der Waals surface area contributed by atoms with Crippen molar-refractivity contribution in [2.45, 2.75) is 25.8 Å². The van der Waals surface area contributed by atoms with Crippen molar-refractivity contribution in [2.75, 3.05) is 19.7 Å². The molecule has 0 N–H and O–H groups in total. The van der Waals surface area contributed by atoms with Crippen LogP contribution in [0.5, 0.6) is 5.75 Å². The van der Waals surface area contributed by atoms with Gasteiger partial charge in [-0.1, -0.05) is 24.3 Å². The van der Waals surface area contributed by atoms with Crippen LogP contribution in [0, 0.1) is 12.8 Å². The highest BCUT2D eigenvalue weighted by Crippen LogP contribution is 2.34. The van der Waals surface area contributed by atoms with Gasteiger partial charge in [0.25, 0.3) is 11.5 Å². The number of nitrogens with zero attached hydrogens (tertiary/aromatic N) is 2. The first-order valence-electron chi connectivity index (χ1n) is 8.78. The Hall–Kier alpha value is -2.56. The zero-order valence-corrected chi connectivity index (χ0v) is 14.4. The summed E-state index contributed by atoms with van der Waals surface area (Å²) in [5, 5.41) is 0. The Kier molecular flexibility index (Phi) is 4.07. The Bertz CT molecular complexity index is 858. The zero-order chi connectivity index (χ0) is 17.4. The van der Waals surface area contributed by atoms with Crippen LogP contribution in [0.15, 0.2) is 47.3 Å². The van der Waals surface area contributed by atoms with E-state index in [4.69, 9.17) is 4.74 Å². The van der Waals surface area contributed by atoms with Crippen LogP contribution in [-0.2, 0) is 11.3 Å². The molecule has 2 bridgehead atoms. The highest BCUT2D eigenvalue weighted by atomic mass is 16.5. The molecule has 4 rings (SSSR count). The predicted octanol–water partition coefficient (Wildman–Crippen LogP) is 2.18. The first kappa shape index (κ1) is 15.9. The van der Waals surface area contributed by atoms with Crippen molar-refractivity contribution >= 4 is 5.91 Å². The predicted molar refractivity (Wildman–Crippen MR) is 94.8 cm³/mol. The van der Waals surface area contributed by atoms with E-state index in [1.807, 2.05) is 52.8 Å². The van der Waals surface area contributed by atoms with Crippen molar-refractivity contribution in [3.05, 3.63) is 64.1 Å². The molecule has 2 aliphatic heterocycles. The van der Waals surface area contributed by atoms with Gasteiger partial charge >= 0.3 is 0 Å². The molecule has 1 fully saturated rings. The molecule has 0 spiro atoms. The van der Waals surface area contributed by atoms with Crippen LogP contribution in [0.25, 0.3) is 0 Å². The van der Waals surface area contributed by atoms with Crippen molar-refractivity contribution in [2.24, 2.45) is 5.92 Å². The third-order valence-electron chi connectivity index (χ3n) is 5.28. The lowest BCUT2D eigenvalue weighted by atomic mass is 9.83. The number of benzene rings is 1. The number of pyridine rings is 1. The van der Waals surface area contributed by atoms with Gasteiger partial charge in [0.15, 0.2) is 6.61 Å². The number of fused-ring (bicyclic) bond motifs is 4. The number of amides is 1. The molecule has 25 heavy (non-hydrogen) atoms. The average Bonchev–Trinajstić information content (AvgIpc) is 2.61. The molecule has 1 aromatic carbocycles. The summed E-state index contributed by atoms with van der Waals surface area (Å²) >= 11 is 0. The molecule has 2 unspecified atom stereocenters. The van der Waals surface area contributed by atoms with Crippen molar-refractivity contribution in [3.8, 4) is 5.75 Å². The molecule has 2 atom stereocenters. The molecule has 0 aliphatic carbocycles. The van der Waals surface area contributed by atoms with Crippen LogP contribution in [0.2, 0.25) is 0 Å². The summed E-state index contributed by atoms with van der Waals surface area (Å²) in [6.07, 6.45) is 1.05. The Morgan fingerprint density at radius 2 is 1.96 bits per heavy atom. The number of aryl methyl sites for hydroxylation is 1. The van der Waals surface area contributed by atoms with Crippen LogP contribution in [-0.4, -0.2) is 35.1 Å². The summed E-state index contributed by atoms with van der Waals surface area (Å²) in [7, 11) is 0.